The lowest BCUT2D eigenvalue weighted by molar-refractivity contribution is 0.746. The van der Waals surface area contributed by atoms with Crippen molar-refractivity contribution in [2.75, 3.05) is 10.6 Å². The Morgan fingerprint density at radius 1 is 1.20 bits per heavy atom. The second kappa shape index (κ2) is 6.72. The van der Waals surface area contributed by atoms with Gasteiger partial charge in [0.1, 0.15) is 0 Å². The van der Waals surface area contributed by atoms with Crippen LogP contribution in [0.1, 0.15) is 20.3 Å². The molecule has 1 aromatic carbocycles. The molecule has 106 valence electrons. The number of nitrogens with zero attached hydrogens (tertiary/aromatic N) is 3. The number of aromatic nitrogens is 3. The van der Waals surface area contributed by atoms with E-state index in [2.05, 4.69) is 39.7 Å². The minimum Gasteiger partial charge on any atom is -0.350 e. The lowest BCUT2D eigenvalue weighted by Gasteiger charge is -2.11. The molecular weight excluding hydrogens is 297 g/mol. The van der Waals surface area contributed by atoms with E-state index in [0.717, 1.165) is 12.1 Å². The maximum Gasteiger partial charge on any atom is 0.244 e. The zero-order chi connectivity index (χ0) is 14.5. The molecule has 1 atom stereocenters. The highest BCUT2D eigenvalue weighted by Crippen LogP contribution is 2.24. The average molecular weight is 312 g/mol. The summed E-state index contributed by atoms with van der Waals surface area (Å²) in [7, 11) is 0. The van der Waals surface area contributed by atoms with E-state index in [1.54, 1.807) is 18.2 Å². The van der Waals surface area contributed by atoms with Crippen LogP contribution in [0.2, 0.25) is 10.0 Å². The normalized spacial score (nSPS) is 12.0. The largest absolute Gasteiger partial charge is 0.350 e. The van der Waals surface area contributed by atoms with E-state index in [9.17, 15) is 0 Å². The predicted molar refractivity (Wildman–Crippen MR) is 82.9 cm³/mol. The van der Waals surface area contributed by atoms with E-state index in [4.69, 9.17) is 23.2 Å². The van der Waals surface area contributed by atoms with Crippen molar-refractivity contribution in [1.29, 1.82) is 0 Å². The number of anilines is 3. The van der Waals surface area contributed by atoms with Crippen LogP contribution in [0.3, 0.4) is 0 Å². The first-order valence-corrected chi connectivity index (χ1v) is 7.02. The van der Waals surface area contributed by atoms with Crippen molar-refractivity contribution in [3.05, 3.63) is 34.4 Å². The van der Waals surface area contributed by atoms with Gasteiger partial charge in [0.25, 0.3) is 0 Å². The molecule has 0 saturated heterocycles. The van der Waals surface area contributed by atoms with Crippen LogP contribution in [-0.4, -0.2) is 21.2 Å². The minimum atomic E-state index is 0.285. The Balaban J connectivity index is 2.15. The molecule has 2 N–H and O–H groups in total. The Kier molecular flexibility index (Phi) is 4.98. The summed E-state index contributed by atoms with van der Waals surface area (Å²) in [5, 5.41) is 15.2. The standard InChI is InChI=1S/C13H15Cl2N5/c1-3-8(2)17-13-19-12(7-16-20-13)18-11-5-9(14)4-10(15)6-11/h4-8H,3H2,1-2H3,(H2,17,18,19,20). The highest BCUT2D eigenvalue weighted by atomic mass is 35.5. The van der Waals surface area contributed by atoms with Crippen LogP contribution in [0.4, 0.5) is 17.5 Å². The van der Waals surface area contributed by atoms with Gasteiger partial charge in [0.05, 0.1) is 6.20 Å². The zero-order valence-corrected chi connectivity index (χ0v) is 12.7. The summed E-state index contributed by atoms with van der Waals surface area (Å²) in [5.41, 5.74) is 0.748. The van der Waals surface area contributed by atoms with Gasteiger partial charge in [-0.25, -0.2) is 0 Å². The van der Waals surface area contributed by atoms with Gasteiger partial charge < -0.3 is 10.6 Å². The fourth-order valence-electron chi connectivity index (χ4n) is 1.52. The summed E-state index contributed by atoms with van der Waals surface area (Å²) < 4.78 is 0. The van der Waals surface area contributed by atoms with Crippen LogP contribution in [0, 0.1) is 0 Å². The van der Waals surface area contributed by atoms with Crippen molar-refractivity contribution in [3.8, 4) is 0 Å². The van der Waals surface area contributed by atoms with Crippen LogP contribution < -0.4 is 10.6 Å². The fraction of sp³-hybridized carbons (Fsp3) is 0.308. The number of halogens is 2. The monoisotopic (exact) mass is 311 g/mol. The van der Waals surface area contributed by atoms with E-state index >= 15 is 0 Å². The van der Waals surface area contributed by atoms with Gasteiger partial charge in [0.2, 0.25) is 5.95 Å². The molecule has 0 fully saturated rings. The first kappa shape index (κ1) is 14.8. The number of rotatable bonds is 5. The number of hydrogen-bond acceptors (Lipinski definition) is 5. The van der Waals surface area contributed by atoms with Crippen molar-refractivity contribution in [1.82, 2.24) is 15.2 Å². The molecule has 0 amide bonds. The molecule has 0 aliphatic rings. The highest BCUT2D eigenvalue weighted by molar-refractivity contribution is 6.35. The van der Waals surface area contributed by atoms with Crippen LogP contribution >= 0.6 is 23.2 Å². The van der Waals surface area contributed by atoms with Crippen LogP contribution in [0.5, 0.6) is 0 Å². The zero-order valence-electron chi connectivity index (χ0n) is 11.2. The molecule has 0 aliphatic carbocycles. The van der Waals surface area contributed by atoms with Crippen LogP contribution in [0.25, 0.3) is 0 Å². The maximum atomic E-state index is 5.95. The first-order chi connectivity index (χ1) is 9.56. The summed E-state index contributed by atoms with van der Waals surface area (Å²) in [6.45, 7) is 4.14. The molecule has 7 heteroatoms. The summed E-state index contributed by atoms with van der Waals surface area (Å²) >= 11 is 11.9. The molecule has 1 heterocycles. The highest BCUT2D eigenvalue weighted by Gasteiger charge is 2.05. The molecule has 2 rings (SSSR count). The molecule has 20 heavy (non-hydrogen) atoms. The van der Waals surface area contributed by atoms with E-state index in [1.165, 1.54) is 6.20 Å². The van der Waals surface area contributed by atoms with E-state index < -0.39 is 0 Å². The third-order valence-electron chi connectivity index (χ3n) is 2.68. The van der Waals surface area contributed by atoms with Crippen LogP contribution in [0.15, 0.2) is 24.4 Å². The molecule has 0 radical (unpaired) electrons. The van der Waals surface area contributed by atoms with Gasteiger partial charge in [-0.15, -0.1) is 5.10 Å². The van der Waals surface area contributed by atoms with Gasteiger partial charge in [-0.1, -0.05) is 30.1 Å². The Morgan fingerprint density at radius 3 is 2.55 bits per heavy atom. The molecule has 5 nitrogen and oxygen atoms in total. The van der Waals surface area contributed by atoms with Crippen molar-refractivity contribution in [2.45, 2.75) is 26.3 Å². The molecule has 2 aromatic rings. The molecule has 0 aliphatic heterocycles. The summed E-state index contributed by atoms with van der Waals surface area (Å²) in [5.74, 6) is 1.06. The van der Waals surface area contributed by atoms with Gasteiger partial charge in [-0.2, -0.15) is 10.1 Å². The second-order valence-corrected chi connectivity index (χ2v) is 5.27. The third kappa shape index (κ3) is 4.21. The topological polar surface area (TPSA) is 62.7 Å². The van der Waals surface area contributed by atoms with E-state index in [1.807, 2.05) is 0 Å². The van der Waals surface area contributed by atoms with Gasteiger partial charge >= 0.3 is 0 Å². The smallest absolute Gasteiger partial charge is 0.244 e. The van der Waals surface area contributed by atoms with Crippen LogP contribution in [-0.2, 0) is 0 Å². The SMILES string of the molecule is CCC(C)Nc1nncc(Nc2cc(Cl)cc(Cl)c2)n1. The molecule has 0 saturated carbocycles. The Morgan fingerprint density at radius 2 is 1.90 bits per heavy atom. The summed E-state index contributed by atoms with van der Waals surface area (Å²) in [4.78, 5) is 4.33. The first-order valence-electron chi connectivity index (χ1n) is 6.26. The number of benzene rings is 1. The van der Waals surface area contributed by atoms with Crippen molar-refractivity contribution in [2.24, 2.45) is 0 Å². The molecule has 1 unspecified atom stereocenters. The Bertz CT molecular complexity index is 570. The molecule has 0 bridgehead atoms. The van der Waals surface area contributed by atoms with Gasteiger partial charge in [-0.3, -0.25) is 0 Å². The third-order valence-corrected chi connectivity index (χ3v) is 3.12. The van der Waals surface area contributed by atoms with E-state index in [-0.39, 0.29) is 6.04 Å². The molecule has 1 aromatic heterocycles. The van der Waals surface area contributed by atoms with Crippen molar-refractivity contribution >= 4 is 40.7 Å². The Hall–Kier alpha value is -1.59. The lowest BCUT2D eigenvalue weighted by Crippen LogP contribution is -2.16. The fourth-order valence-corrected chi connectivity index (χ4v) is 2.05. The average Bonchev–Trinajstić information content (AvgIpc) is 2.37. The molecular formula is C13H15Cl2N5. The summed E-state index contributed by atoms with van der Waals surface area (Å²) in [6.07, 6.45) is 2.52. The lowest BCUT2D eigenvalue weighted by atomic mass is 10.3. The summed E-state index contributed by atoms with van der Waals surface area (Å²) in [6, 6.07) is 5.48. The molecule has 0 spiro atoms. The Labute approximate surface area is 127 Å². The quantitative estimate of drug-likeness (QED) is 0.869. The van der Waals surface area contributed by atoms with E-state index in [0.29, 0.717) is 21.8 Å². The predicted octanol–water partition coefficient (Wildman–Crippen LogP) is 4.13. The van der Waals surface area contributed by atoms with Crippen molar-refractivity contribution in [3.63, 3.8) is 0 Å². The minimum absolute atomic E-state index is 0.285. The maximum absolute atomic E-state index is 5.95. The second-order valence-electron chi connectivity index (χ2n) is 4.40. The van der Waals surface area contributed by atoms with Gasteiger partial charge in [-0.05, 0) is 31.5 Å². The van der Waals surface area contributed by atoms with Gasteiger partial charge in [0.15, 0.2) is 5.82 Å². The number of hydrogen-bond donors (Lipinski definition) is 2. The van der Waals surface area contributed by atoms with Crippen molar-refractivity contribution < 1.29 is 0 Å². The van der Waals surface area contributed by atoms with Gasteiger partial charge in [0, 0.05) is 21.8 Å². The number of nitrogens with one attached hydrogen (secondary N) is 2.